The van der Waals surface area contributed by atoms with E-state index < -0.39 is 11.6 Å². The number of pyridine rings is 2. The van der Waals surface area contributed by atoms with Crippen LogP contribution in [0.25, 0.3) is 48.7 Å². The molecule has 10 rings (SSSR count). The fourth-order valence-electron chi connectivity index (χ4n) is 8.04. The van der Waals surface area contributed by atoms with Crippen molar-refractivity contribution in [1.82, 2.24) is 38.7 Å². The Balaban J connectivity index is 1.09. The maximum Gasteiger partial charge on any atom is 0.235 e. The Morgan fingerprint density at radius 2 is 1.45 bits per heavy atom. The molecule has 7 heterocycles. The number of hydrogen-bond donors (Lipinski definition) is 0. The van der Waals surface area contributed by atoms with Gasteiger partial charge >= 0.3 is 0 Å². The van der Waals surface area contributed by atoms with Gasteiger partial charge in [-0.3, -0.25) is 9.59 Å². The van der Waals surface area contributed by atoms with E-state index in [9.17, 15) is 9.59 Å². The first-order chi connectivity index (χ1) is 25.6. The Hall–Kier alpha value is -4.93. The minimum atomic E-state index is -0.497. The lowest BCUT2D eigenvalue weighted by Gasteiger charge is -2.37. The van der Waals surface area contributed by atoms with Crippen molar-refractivity contribution in [3.8, 4) is 27.7 Å². The second kappa shape index (κ2) is 12.0. The number of piperazine rings is 2. The molecule has 53 heavy (non-hydrogen) atoms. The van der Waals surface area contributed by atoms with E-state index >= 15 is 8.78 Å². The monoisotopic (exact) mass is 740 g/mol. The first-order valence-electron chi connectivity index (χ1n) is 18.2. The van der Waals surface area contributed by atoms with Crippen molar-refractivity contribution in [2.45, 2.75) is 31.8 Å². The summed E-state index contributed by atoms with van der Waals surface area (Å²) in [5.41, 5.74) is 1.95. The van der Waals surface area contributed by atoms with E-state index in [1.54, 1.807) is 12.4 Å². The highest BCUT2D eigenvalue weighted by Crippen LogP contribution is 2.43. The SMILES string of the molecule is CC1COc2c(N3CCN(C)CC3)c(F)cc3c(=O)c(-c4nn5c(-c6cn(C7CC7)c7cc(N8CCN(C)CC8)c(F)cc7c6=O)nnc5s4)cn1c23. The fourth-order valence-corrected chi connectivity index (χ4v) is 8.89. The van der Waals surface area contributed by atoms with E-state index in [0.717, 1.165) is 50.4 Å². The summed E-state index contributed by atoms with van der Waals surface area (Å²) in [4.78, 5) is 37.2. The summed E-state index contributed by atoms with van der Waals surface area (Å²) in [6.45, 7) is 8.28. The summed E-state index contributed by atoms with van der Waals surface area (Å²) in [5, 5.41) is 14.3. The minimum absolute atomic E-state index is 0.132. The first kappa shape index (κ1) is 32.7. The molecule has 16 heteroatoms. The van der Waals surface area contributed by atoms with Crippen LogP contribution in [-0.4, -0.2) is 112 Å². The van der Waals surface area contributed by atoms with Crippen molar-refractivity contribution in [1.29, 1.82) is 0 Å². The predicted octanol–water partition coefficient (Wildman–Crippen LogP) is 4.22. The van der Waals surface area contributed by atoms with E-state index in [2.05, 4.69) is 31.6 Å². The number of anilines is 2. The molecule has 2 aromatic carbocycles. The Morgan fingerprint density at radius 3 is 2.17 bits per heavy atom. The van der Waals surface area contributed by atoms with Crippen molar-refractivity contribution in [3.63, 3.8) is 0 Å². The third-order valence-electron chi connectivity index (χ3n) is 11.3. The highest BCUT2D eigenvalue weighted by molar-refractivity contribution is 7.19. The fraction of sp³-hybridized carbons (Fsp3) is 0.432. The molecule has 1 atom stereocenters. The molecule has 0 bridgehead atoms. The number of halogens is 2. The molecule has 0 spiro atoms. The summed E-state index contributed by atoms with van der Waals surface area (Å²) in [6, 6.07) is 4.54. The molecule has 4 aliphatic rings. The molecule has 4 aromatic heterocycles. The molecule has 13 nitrogen and oxygen atoms in total. The van der Waals surface area contributed by atoms with Gasteiger partial charge in [-0.05, 0) is 52.1 Å². The molecule has 0 N–H and O–H groups in total. The number of rotatable bonds is 5. The van der Waals surface area contributed by atoms with Crippen LogP contribution >= 0.6 is 11.3 Å². The van der Waals surface area contributed by atoms with Crippen molar-refractivity contribution in [2.75, 3.05) is 82.9 Å². The lowest BCUT2D eigenvalue weighted by Crippen LogP contribution is -2.45. The zero-order chi connectivity index (χ0) is 36.3. The van der Waals surface area contributed by atoms with E-state index in [1.807, 2.05) is 34.4 Å². The lowest BCUT2D eigenvalue weighted by atomic mass is 10.1. The lowest BCUT2D eigenvalue weighted by molar-refractivity contribution is 0.245. The number of aromatic nitrogens is 6. The molecular weight excluding hydrogens is 703 g/mol. The minimum Gasteiger partial charge on any atom is -0.487 e. The van der Waals surface area contributed by atoms with Crippen molar-refractivity contribution in [3.05, 3.63) is 62.7 Å². The van der Waals surface area contributed by atoms with Crippen LogP contribution in [0, 0.1) is 11.6 Å². The highest BCUT2D eigenvalue weighted by Gasteiger charge is 2.32. The quantitative estimate of drug-likeness (QED) is 0.255. The second-order valence-corrected chi connectivity index (χ2v) is 15.9. The molecule has 3 aliphatic heterocycles. The Bertz CT molecular complexity index is 2600. The largest absolute Gasteiger partial charge is 0.487 e. The molecule has 3 fully saturated rings. The van der Waals surface area contributed by atoms with Crippen LogP contribution in [0.1, 0.15) is 31.8 Å². The van der Waals surface area contributed by atoms with Gasteiger partial charge in [-0.2, -0.15) is 9.61 Å². The Morgan fingerprint density at radius 1 is 0.792 bits per heavy atom. The number of fused-ring (bicyclic) bond motifs is 2. The average Bonchev–Trinajstić information content (AvgIpc) is 3.79. The summed E-state index contributed by atoms with van der Waals surface area (Å²) >= 11 is 1.16. The van der Waals surface area contributed by atoms with Crippen LogP contribution in [0.4, 0.5) is 20.2 Å². The van der Waals surface area contributed by atoms with Crippen LogP contribution in [-0.2, 0) is 0 Å². The first-order valence-corrected chi connectivity index (χ1v) is 19.0. The molecular formula is C37H38F2N10O3S. The standard InChI is InChI=1S/C37H38F2N10O3S/c1-20-19-52-34-30-23(15-27(39)31(34)46-12-8-44(3)9-13-46)33(51)25(18-47(20)30)36-42-49-35(40-41-37(49)53-36)24-17-48(21-4-5-21)28-16-29(26(38)14-22(28)32(24)50)45-10-6-43(2)7-11-45/h14-18,20-21H,4-13,19H2,1-3H3. The number of ether oxygens (including phenoxy) is 1. The topological polar surface area (TPSA) is 109 Å². The molecule has 0 amide bonds. The third kappa shape index (κ3) is 5.16. The number of benzene rings is 2. The van der Waals surface area contributed by atoms with Gasteiger partial charge in [0.2, 0.25) is 10.4 Å². The van der Waals surface area contributed by atoms with Gasteiger partial charge in [-0.25, -0.2) is 8.78 Å². The zero-order valence-electron chi connectivity index (χ0n) is 29.7. The van der Waals surface area contributed by atoms with E-state index in [-0.39, 0.29) is 50.7 Å². The summed E-state index contributed by atoms with van der Waals surface area (Å²) in [5.74, 6) is -0.330. The molecule has 274 valence electrons. The van der Waals surface area contributed by atoms with Crippen LogP contribution in [0.3, 0.4) is 0 Å². The van der Waals surface area contributed by atoms with E-state index in [4.69, 9.17) is 9.84 Å². The smallest absolute Gasteiger partial charge is 0.235 e. The van der Waals surface area contributed by atoms with Crippen molar-refractivity contribution < 1.29 is 13.5 Å². The van der Waals surface area contributed by atoms with Crippen molar-refractivity contribution in [2.24, 2.45) is 0 Å². The molecule has 0 radical (unpaired) electrons. The van der Waals surface area contributed by atoms with Crippen LogP contribution in [0.5, 0.6) is 5.75 Å². The van der Waals surface area contributed by atoms with E-state index in [1.165, 1.54) is 16.6 Å². The summed E-state index contributed by atoms with van der Waals surface area (Å²) in [6.07, 6.45) is 5.47. The van der Waals surface area contributed by atoms with Crippen LogP contribution in [0.2, 0.25) is 0 Å². The highest BCUT2D eigenvalue weighted by atomic mass is 32.1. The van der Waals surface area contributed by atoms with Gasteiger partial charge in [-0.1, -0.05) is 11.3 Å². The predicted molar refractivity (Wildman–Crippen MR) is 201 cm³/mol. The van der Waals surface area contributed by atoms with Crippen LogP contribution < -0.4 is 25.4 Å². The summed E-state index contributed by atoms with van der Waals surface area (Å²) < 4.78 is 43.4. The molecule has 1 saturated carbocycles. The molecule has 2 saturated heterocycles. The van der Waals surface area contributed by atoms with Crippen LogP contribution in [0.15, 0.2) is 40.2 Å². The van der Waals surface area contributed by atoms with Gasteiger partial charge in [0, 0.05) is 76.2 Å². The summed E-state index contributed by atoms with van der Waals surface area (Å²) in [7, 11) is 4.10. The van der Waals surface area contributed by atoms with Gasteiger partial charge in [0.05, 0.1) is 39.3 Å². The molecule has 1 unspecified atom stereocenters. The third-order valence-corrected chi connectivity index (χ3v) is 12.2. The van der Waals surface area contributed by atoms with Gasteiger partial charge in [0.25, 0.3) is 0 Å². The Kier molecular flexibility index (Phi) is 7.43. The number of likely N-dealkylation sites (N-methyl/N-ethyl adjacent to an activating group) is 2. The zero-order valence-corrected chi connectivity index (χ0v) is 30.5. The van der Waals surface area contributed by atoms with Gasteiger partial charge in [-0.15, -0.1) is 10.2 Å². The Labute approximate surface area is 306 Å². The second-order valence-electron chi connectivity index (χ2n) is 14.9. The maximum absolute atomic E-state index is 16.0. The van der Waals surface area contributed by atoms with Gasteiger partial charge in [0.1, 0.15) is 18.1 Å². The van der Waals surface area contributed by atoms with Crippen molar-refractivity contribution >= 4 is 49.5 Å². The molecule has 1 aliphatic carbocycles. The normalized spacial score (nSPS) is 19.9. The maximum atomic E-state index is 16.0. The number of hydrogen-bond acceptors (Lipinski definition) is 11. The number of nitrogens with zero attached hydrogens (tertiary/aromatic N) is 10. The molecule has 6 aromatic rings. The van der Waals surface area contributed by atoms with Gasteiger partial charge < -0.3 is 33.5 Å². The average molecular weight is 741 g/mol. The van der Waals surface area contributed by atoms with Gasteiger partial charge in [0.15, 0.2) is 27.8 Å². The van der Waals surface area contributed by atoms with E-state index in [0.29, 0.717) is 70.9 Å².